The summed E-state index contributed by atoms with van der Waals surface area (Å²) in [6, 6.07) is 4.00. The summed E-state index contributed by atoms with van der Waals surface area (Å²) in [6.07, 6.45) is -1.36. The summed E-state index contributed by atoms with van der Waals surface area (Å²) in [4.78, 5) is 29.0. The quantitative estimate of drug-likeness (QED) is 0.712. The van der Waals surface area contributed by atoms with E-state index in [-0.39, 0.29) is 30.2 Å². The second-order valence-electron chi connectivity index (χ2n) is 8.15. The fraction of sp³-hybridized carbons (Fsp3) is 0.476. The van der Waals surface area contributed by atoms with Gasteiger partial charge < -0.3 is 14.9 Å². The van der Waals surface area contributed by atoms with Crippen LogP contribution >= 0.6 is 11.6 Å². The maximum Gasteiger partial charge on any atom is 0.416 e. The third kappa shape index (κ3) is 5.09. The van der Waals surface area contributed by atoms with E-state index >= 15 is 0 Å². The lowest BCUT2D eigenvalue weighted by Gasteiger charge is -2.35. The van der Waals surface area contributed by atoms with Crippen LogP contribution in [0.1, 0.15) is 34.5 Å². The van der Waals surface area contributed by atoms with E-state index in [1.807, 2.05) is 9.80 Å². The smallest absolute Gasteiger partial charge is 0.416 e. The van der Waals surface area contributed by atoms with Crippen molar-refractivity contribution in [1.82, 2.24) is 19.6 Å². The number of amides is 1. The van der Waals surface area contributed by atoms with E-state index in [1.165, 1.54) is 11.0 Å². The molecular formula is C21H23ClF3N5O3. The first-order valence-electron chi connectivity index (χ1n) is 10.6. The number of carboxylic acids is 1. The van der Waals surface area contributed by atoms with Crippen molar-refractivity contribution in [2.24, 2.45) is 0 Å². The Morgan fingerprint density at radius 2 is 1.73 bits per heavy atom. The van der Waals surface area contributed by atoms with Gasteiger partial charge in [-0.05, 0) is 30.5 Å². The van der Waals surface area contributed by atoms with Gasteiger partial charge in [0.1, 0.15) is 0 Å². The van der Waals surface area contributed by atoms with E-state index in [9.17, 15) is 22.8 Å². The lowest BCUT2D eigenvalue weighted by Crippen LogP contribution is -2.49. The molecule has 0 spiro atoms. The maximum atomic E-state index is 13.8. The van der Waals surface area contributed by atoms with Gasteiger partial charge >= 0.3 is 18.2 Å². The molecule has 8 nitrogen and oxygen atoms in total. The number of hydrogen-bond donors (Lipinski definition) is 1. The topological polar surface area (TPSA) is 81.9 Å². The number of piperazine rings is 1. The fourth-order valence-electron chi connectivity index (χ4n) is 4.22. The third-order valence-electron chi connectivity index (χ3n) is 5.97. The minimum atomic E-state index is -4.45. The SMILES string of the molecule is O=C(O)c1nn(C(=O)N2CCN(Cc3ccc(N4CCCC4)cc3C(F)(F)F)CC2)cc1Cl. The van der Waals surface area contributed by atoms with Crippen molar-refractivity contribution in [3.63, 3.8) is 0 Å². The fourth-order valence-corrected chi connectivity index (χ4v) is 4.43. The Morgan fingerprint density at radius 3 is 2.30 bits per heavy atom. The van der Waals surface area contributed by atoms with Gasteiger partial charge in [0.05, 0.1) is 16.8 Å². The van der Waals surface area contributed by atoms with E-state index in [2.05, 4.69) is 5.10 Å². The van der Waals surface area contributed by atoms with Crippen LogP contribution in [0.4, 0.5) is 23.7 Å². The molecule has 2 fully saturated rings. The zero-order valence-corrected chi connectivity index (χ0v) is 18.4. The van der Waals surface area contributed by atoms with Crippen LogP contribution in [0.15, 0.2) is 24.4 Å². The van der Waals surface area contributed by atoms with Crippen LogP contribution in [-0.4, -0.2) is 76.0 Å². The van der Waals surface area contributed by atoms with Crippen LogP contribution in [0.3, 0.4) is 0 Å². The van der Waals surface area contributed by atoms with E-state index in [0.29, 0.717) is 18.8 Å². The molecule has 178 valence electrons. The average Bonchev–Trinajstić information content (AvgIpc) is 3.43. The Kier molecular flexibility index (Phi) is 6.53. The first-order chi connectivity index (χ1) is 15.6. The van der Waals surface area contributed by atoms with Crippen LogP contribution in [0.2, 0.25) is 5.02 Å². The lowest BCUT2D eigenvalue weighted by atomic mass is 10.0. The van der Waals surface area contributed by atoms with Gasteiger partial charge in [-0.15, -0.1) is 0 Å². The number of halogens is 4. The second-order valence-corrected chi connectivity index (χ2v) is 8.56. The predicted octanol–water partition coefficient (Wildman–Crippen LogP) is 3.64. The lowest BCUT2D eigenvalue weighted by molar-refractivity contribution is -0.138. The molecule has 0 radical (unpaired) electrons. The van der Waals surface area contributed by atoms with Crippen molar-refractivity contribution in [3.05, 3.63) is 46.2 Å². The van der Waals surface area contributed by atoms with Crippen molar-refractivity contribution >= 4 is 29.3 Å². The molecule has 1 amide bonds. The van der Waals surface area contributed by atoms with E-state index in [0.717, 1.165) is 36.8 Å². The molecule has 0 bridgehead atoms. The standard InChI is InChI=1S/C21H23ClF3N5O3/c22-17-13-30(26-18(17)19(31)32)20(33)29-9-7-27(8-10-29)12-14-3-4-15(28-5-1-2-6-28)11-16(14)21(23,24)25/h3-4,11,13H,1-2,5-10,12H2,(H,31,32). The Balaban J connectivity index is 1.42. The highest BCUT2D eigenvalue weighted by atomic mass is 35.5. The van der Waals surface area contributed by atoms with Crippen molar-refractivity contribution in [2.45, 2.75) is 25.6 Å². The molecule has 2 saturated heterocycles. The van der Waals surface area contributed by atoms with Crippen molar-refractivity contribution in [1.29, 1.82) is 0 Å². The van der Waals surface area contributed by atoms with Crippen LogP contribution in [0.5, 0.6) is 0 Å². The molecule has 0 aliphatic carbocycles. The van der Waals surface area contributed by atoms with Gasteiger partial charge in [0.2, 0.25) is 0 Å². The number of hydrogen-bond acceptors (Lipinski definition) is 5. The first-order valence-corrected chi connectivity index (χ1v) is 11.0. The van der Waals surface area contributed by atoms with E-state index < -0.39 is 29.4 Å². The van der Waals surface area contributed by atoms with Crippen molar-refractivity contribution in [2.75, 3.05) is 44.2 Å². The van der Waals surface area contributed by atoms with Gasteiger partial charge in [0.15, 0.2) is 5.69 Å². The number of anilines is 1. The number of nitrogens with zero attached hydrogens (tertiary/aromatic N) is 5. The highest BCUT2D eigenvalue weighted by Gasteiger charge is 2.35. The molecule has 2 aliphatic rings. The molecule has 2 aliphatic heterocycles. The zero-order chi connectivity index (χ0) is 23.8. The molecule has 0 unspecified atom stereocenters. The minimum Gasteiger partial charge on any atom is -0.476 e. The summed E-state index contributed by atoms with van der Waals surface area (Å²) < 4.78 is 42.2. The second kappa shape index (κ2) is 9.22. The van der Waals surface area contributed by atoms with Crippen molar-refractivity contribution < 1.29 is 27.9 Å². The molecular weight excluding hydrogens is 463 g/mol. The number of alkyl halides is 3. The number of aromatic carboxylic acids is 1. The Hall–Kier alpha value is -2.79. The molecule has 0 atom stereocenters. The number of carbonyl (C=O) groups excluding carboxylic acids is 1. The van der Waals surface area contributed by atoms with Gasteiger partial charge in [-0.2, -0.15) is 23.0 Å². The van der Waals surface area contributed by atoms with Gasteiger partial charge in [0, 0.05) is 51.5 Å². The molecule has 3 heterocycles. The largest absolute Gasteiger partial charge is 0.476 e. The van der Waals surface area contributed by atoms with Crippen molar-refractivity contribution in [3.8, 4) is 0 Å². The number of carboxylic acid groups (broad SMARTS) is 1. The third-order valence-corrected chi connectivity index (χ3v) is 6.25. The molecule has 1 aromatic heterocycles. The number of aromatic nitrogens is 2. The van der Waals surface area contributed by atoms with Gasteiger partial charge in [-0.1, -0.05) is 17.7 Å². The summed E-state index contributed by atoms with van der Waals surface area (Å²) in [7, 11) is 0. The molecule has 0 saturated carbocycles. The molecule has 2 aromatic rings. The predicted molar refractivity (Wildman–Crippen MR) is 115 cm³/mol. The number of carbonyl (C=O) groups is 2. The monoisotopic (exact) mass is 485 g/mol. The minimum absolute atomic E-state index is 0.119. The molecule has 12 heteroatoms. The number of benzene rings is 1. The normalized spacial score (nSPS) is 17.6. The van der Waals surface area contributed by atoms with Crippen LogP contribution in [-0.2, 0) is 12.7 Å². The van der Waals surface area contributed by atoms with Gasteiger partial charge in [0.25, 0.3) is 0 Å². The average molecular weight is 486 g/mol. The van der Waals surface area contributed by atoms with Gasteiger partial charge in [-0.3, -0.25) is 4.90 Å². The molecule has 33 heavy (non-hydrogen) atoms. The highest BCUT2D eigenvalue weighted by molar-refractivity contribution is 6.33. The summed E-state index contributed by atoms with van der Waals surface area (Å²) >= 11 is 5.80. The Labute approximate surface area is 193 Å². The summed E-state index contributed by atoms with van der Waals surface area (Å²) in [6.45, 7) is 2.94. The van der Waals surface area contributed by atoms with Gasteiger partial charge in [-0.25, -0.2) is 9.59 Å². The van der Waals surface area contributed by atoms with Crippen LogP contribution in [0.25, 0.3) is 0 Å². The van der Waals surface area contributed by atoms with E-state index in [1.54, 1.807) is 12.1 Å². The molecule has 1 aromatic carbocycles. The molecule has 4 rings (SSSR count). The molecule has 1 N–H and O–H groups in total. The Bertz CT molecular complexity index is 1040. The summed E-state index contributed by atoms with van der Waals surface area (Å²) in [5.74, 6) is -1.34. The zero-order valence-electron chi connectivity index (χ0n) is 17.7. The summed E-state index contributed by atoms with van der Waals surface area (Å²) in [5.41, 5.74) is -0.244. The first kappa shape index (κ1) is 23.4. The van der Waals surface area contributed by atoms with E-state index in [4.69, 9.17) is 16.7 Å². The summed E-state index contributed by atoms with van der Waals surface area (Å²) in [5, 5.41) is 12.6. The maximum absolute atomic E-state index is 13.8. The van der Waals surface area contributed by atoms with Crippen LogP contribution < -0.4 is 4.90 Å². The Morgan fingerprint density at radius 1 is 1.06 bits per heavy atom. The van der Waals surface area contributed by atoms with Crippen LogP contribution in [0, 0.1) is 0 Å². The number of rotatable bonds is 4. The highest BCUT2D eigenvalue weighted by Crippen LogP contribution is 2.36.